The second-order valence-electron chi connectivity index (χ2n) is 9.87. The van der Waals surface area contributed by atoms with Crippen molar-refractivity contribution in [1.29, 1.82) is 0 Å². The molecule has 0 spiro atoms. The summed E-state index contributed by atoms with van der Waals surface area (Å²) in [4.78, 5) is 33.5. The Hall–Kier alpha value is -4.36. The van der Waals surface area contributed by atoms with Gasteiger partial charge in [-0.25, -0.2) is 4.98 Å². The van der Waals surface area contributed by atoms with E-state index in [1.165, 1.54) is 11.0 Å². The number of anilines is 1. The second-order valence-corrected chi connectivity index (χ2v) is 10.7. The molecule has 5 aromatic rings. The van der Waals surface area contributed by atoms with Crippen LogP contribution in [0.25, 0.3) is 28.1 Å². The van der Waals surface area contributed by atoms with Gasteiger partial charge in [0, 0.05) is 40.7 Å². The first-order valence-corrected chi connectivity index (χ1v) is 14.2. The van der Waals surface area contributed by atoms with Gasteiger partial charge in [-0.15, -0.1) is 5.10 Å². The number of carbonyl (C=O) groups is 1. The zero-order valence-corrected chi connectivity index (χ0v) is 24.5. The Morgan fingerprint density at radius 2 is 1.93 bits per heavy atom. The number of rotatable bonds is 10. The zero-order valence-electron chi connectivity index (χ0n) is 23.0. The number of aryl methyl sites for hydroxylation is 1. The largest absolute Gasteiger partial charge is 0.382 e. The van der Waals surface area contributed by atoms with Crippen LogP contribution in [0.5, 0.6) is 0 Å². The lowest BCUT2D eigenvalue weighted by Gasteiger charge is -2.15. The Morgan fingerprint density at radius 1 is 1.09 bits per heavy atom. The predicted octanol–water partition coefficient (Wildman–Crippen LogP) is 4.33. The first-order chi connectivity index (χ1) is 20.9. The number of carbonyl (C=O) groups excluding carboxylic acids is 1. The van der Waals surface area contributed by atoms with E-state index in [0.29, 0.717) is 59.1 Å². The lowest BCUT2D eigenvalue weighted by Crippen LogP contribution is -2.24. The Bertz CT molecular complexity index is 1820. The first-order valence-electron chi connectivity index (χ1n) is 13.4. The lowest BCUT2D eigenvalue weighted by atomic mass is 10.0. The van der Waals surface area contributed by atoms with Crippen molar-refractivity contribution in [3.8, 4) is 28.1 Å². The van der Waals surface area contributed by atoms with Crippen molar-refractivity contribution in [1.82, 2.24) is 34.7 Å². The molecule has 43 heavy (non-hydrogen) atoms. The van der Waals surface area contributed by atoms with Crippen molar-refractivity contribution in [2.75, 3.05) is 32.2 Å². The van der Waals surface area contributed by atoms with Gasteiger partial charge in [-0.1, -0.05) is 35.3 Å². The molecular formula is C29H26Cl2N8O4. The van der Waals surface area contributed by atoms with Crippen molar-refractivity contribution < 1.29 is 14.3 Å². The standard InChI is InChI=1S/C29H26Cl2N8O4/c1-42-10-11-43-15-25(40)33-20-5-2-17(3-6-20)27-28(31)35-29(34-27)24-9-7-21-12-18(13-26(41)39(21)24)22-14-19(30)4-8-23(22)38-16-32-36-37-38/h2-6,8,12-14,16,24H,7,9-11,15H2,1H3,(H,33,40)(H,34,35)/t24-/m0/s1. The third kappa shape index (κ3) is 6.09. The highest BCUT2D eigenvalue weighted by Gasteiger charge is 2.29. The minimum absolute atomic E-state index is 0.0653. The van der Waals surface area contributed by atoms with E-state index in [0.717, 1.165) is 22.4 Å². The molecule has 12 nitrogen and oxygen atoms in total. The van der Waals surface area contributed by atoms with Crippen molar-refractivity contribution in [2.45, 2.75) is 18.9 Å². The maximum absolute atomic E-state index is 13.5. The van der Waals surface area contributed by atoms with Crippen molar-refractivity contribution in [3.63, 3.8) is 0 Å². The van der Waals surface area contributed by atoms with Crippen LogP contribution < -0.4 is 10.9 Å². The van der Waals surface area contributed by atoms with Gasteiger partial charge in [0.25, 0.3) is 5.56 Å². The van der Waals surface area contributed by atoms with Crippen LogP contribution in [0, 0.1) is 0 Å². The van der Waals surface area contributed by atoms with E-state index in [2.05, 4.69) is 30.8 Å². The van der Waals surface area contributed by atoms with Crippen LogP contribution in [-0.4, -0.2) is 67.6 Å². The van der Waals surface area contributed by atoms with Gasteiger partial charge in [0.2, 0.25) is 5.91 Å². The number of pyridine rings is 1. The molecule has 220 valence electrons. The molecule has 2 N–H and O–H groups in total. The smallest absolute Gasteiger partial charge is 0.252 e. The summed E-state index contributed by atoms with van der Waals surface area (Å²) in [6, 6.07) is 15.8. The highest BCUT2D eigenvalue weighted by Crippen LogP contribution is 2.36. The predicted molar refractivity (Wildman–Crippen MR) is 161 cm³/mol. The lowest BCUT2D eigenvalue weighted by molar-refractivity contribution is -0.121. The summed E-state index contributed by atoms with van der Waals surface area (Å²) in [7, 11) is 1.57. The van der Waals surface area contributed by atoms with Crippen LogP contribution in [0.3, 0.4) is 0 Å². The number of aromatic nitrogens is 7. The molecular weight excluding hydrogens is 595 g/mol. The van der Waals surface area contributed by atoms with Crippen LogP contribution in [0.1, 0.15) is 24.0 Å². The van der Waals surface area contributed by atoms with E-state index in [1.807, 2.05) is 24.3 Å². The Kier molecular flexibility index (Phi) is 8.34. The van der Waals surface area contributed by atoms with Crippen molar-refractivity contribution in [3.05, 3.63) is 93.0 Å². The number of methoxy groups -OCH3 is 1. The zero-order chi connectivity index (χ0) is 29.9. The van der Waals surface area contributed by atoms with E-state index in [9.17, 15) is 9.59 Å². The Labute approximate surface area is 255 Å². The Morgan fingerprint density at radius 3 is 2.70 bits per heavy atom. The fourth-order valence-electron chi connectivity index (χ4n) is 5.16. The molecule has 3 aromatic heterocycles. The van der Waals surface area contributed by atoms with E-state index in [4.69, 9.17) is 32.7 Å². The number of imidazole rings is 1. The maximum Gasteiger partial charge on any atom is 0.252 e. The van der Waals surface area contributed by atoms with Crippen molar-refractivity contribution >= 4 is 34.8 Å². The van der Waals surface area contributed by atoms with Gasteiger partial charge < -0.3 is 24.3 Å². The summed E-state index contributed by atoms with van der Waals surface area (Å²) in [5, 5.41) is 15.1. The summed E-state index contributed by atoms with van der Waals surface area (Å²) in [6.45, 7) is 0.695. The van der Waals surface area contributed by atoms with Crippen LogP contribution >= 0.6 is 23.2 Å². The van der Waals surface area contributed by atoms with E-state index in [-0.39, 0.29) is 24.1 Å². The third-order valence-corrected chi connectivity index (χ3v) is 7.62. The fourth-order valence-corrected chi connectivity index (χ4v) is 5.58. The molecule has 0 radical (unpaired) electrons. The molecule has 0 fully saturated rings. The van der Waals surface area contributed by atoms with E-state index >= 15 is 0 Å². The third-order valence-electron chi connectivity index (χ3n) is 7.11. The topological polar surface area (TPSA) is 142 Å². The fraction of sp³-hybridized carbons (Fsp3) is 0.241. The quantitative estimate of drug-likeness (QED) is 0.220. The number of nitrogens with zero attached hydrogens (tertiary/aromatic N) is 6. The highest BCUT2D eigenvalue weighted by atomic mass is 35.5. The minimum atomic E-state index is -0.308. The second kappa shape index (κ2) is 12.5. The number of tetrazole rings is 1. The summed E-state index contributed by atoms with van der Waals surface area (Å²) in [5.41, 5.74) is 4.90. The van der Waals surface area contributed by atoms with Crippen LogP contribution in [0.15, 0.2) is 65.7 Å². The van der Waals surface area contributed by atoms with E-state index < -0.39 is 0 Å². The summed E-state index contributed by atoms with van der Waals surface area (Å²) < 4.78 is 13.4. The van der Waals surface area contributed by atoms with Crippen LogP contribution in [0.4, 0.5) is 5.69 Å². The number of aromatic amines is 1. The van der Waals surface area contributed by atoms with Gasteiger partial charge in [0.05, 0.1) is 30.6 Å². The average molecular weight is 621 g/mol. The van der Waals surface area contributed by atoms with Gasteiger partial charge in [-0.3, -0.25) is 9.59 Å². The molecule has 0 bridgehead atoms. The molecule has 1 aliphatic heterocycles. The van der Waals surface area contributed by atoms with Gasteiger partial charge >= 0.3 is 0 Å². The number of nitrogens with one attached hydrogen (secondary N) is 2. The molecule has 4 heterocycles. The summed E-state index contributed by atoms with van der Waals surface area (Å²) in [5.74, 6) is 0.331. The Balaban J connectivity index is 1.23. The number of amides is 1. The number of benzene rings is 2. The van der Waals surface area contributed by atoms with Gasteiger partial charge in [-0.2, -0.15) is 4.68 Å². The number of fused-ring (bicyclic) bond motifs is 1. The summed E-state index contributed by atoms with van der Waals surface area (Å²) >= 11 is 12.9. The molecule has 1 aliphatic rings. The number of halogens is 2. The highest BCUT2D eigenvalue weighted by molar-refractivity contribution is 6.32. The monoisotopic (exact) mass is 620 g/mol. The minimum Gasteiger partial charge on any atom is -0.382 e. The van der Waals surface area contributed by atoms with Gasteiger partial charge in [0.15, 0.2) is 5.15 Å². The molecule has 14 heteroatoms. The average Bonchev–Trinajstić information content (AvgIpc) is 3.76. The maximum atomic E-state index is 13.5. The molecule has 6 rings (SSSR count). The molecule has 2 aromatic carbocycles. The normalized spacial score (nSPS) is 14.2. The first kappa shape index (κ1) is 28.7. The molecule has 0 saturated heterocycles. The molecule has 1 amide bonds. The van der Waals surface area contributed by atoms with Crippen molar-refractivity contribution in [2.24, 2.45) is 0 Å². The number of hydrogen-bond donors (Lipinski definition) is 2. The number of H-pyrrole nitrogens is 1. The molecule has 0 saturated carbocycles. The molecule has 1 atom stereocenters. The SMILES string of the molecule is COCCOCC(=O)Nc1ccc(-c2[nH]c([C@@H]3CCc4cc(-c5cc(Cl)ccc5-n5cnnn5)cc(=O)n43)nc2Cl)cc1. The van der Waals surface area contributed by atoms with Crippen LogP contribution in [-0.2, 0) is 20.7 Å². The number of ether oxygens (including phenoxy) is 2. The van der Waals surface area contributed by atoms with E-state index in [1.54, 1.807) is 42.0 Å². The summed E-state index contributed by atoms with van der Waals surface area (Å²) in [6.07, 6.45) is 2.84. The molecule has 0 aliphatic carbocycles. The van der Waals surface area contributed by atoms with Crippen LogP contribution in [0.2, 0.25) is 10.2 Å². The van der Waals surface area contributed by atoms with Gasteiger partial charge in [0.1, 0.15) is 18.8 Å². The molecule has 0 unspecified atom stereocenters. The number of hydrogen-bond acceptors (Lipinski definition) is 8. The van der Waals surface area contributed by atoms with Gasteiger partial charge in [-0.05, 0) is 65.2 Å².